The van der Waals surface area contributed by atoms with Gasteiger partial charge in [-0.05, 0) is 56.8 Å². The molecule has 0 saturated carbocycles. The van der Waals surface area contributed by atoms with E-state index in [2.05, 4.69) is 15.9 Å². The minimum Gasteiger partial charge on any atom is -0.0616 e. The quantitative estimate of drug-likeness (QED) is 0.373. The maximum atomic E-state index is 8.68. The van der Waals surface area contributed by atoms with Crippen molar-refractivity contribution in [2.24, 2.45) is 0 Å². The summed E-state index contributed by atoms with van der Waals surface area (Å²) in [5, 5.41) is -1.23. The third-order valence-corrected chi connectivity index (χ3v) is 3.24. The van der Waals surface area contributed by atoms with Gasteiger partial charge in [0.1, 0.15) is 0 Å². The lowest BCUT2D eigenvalue weighted by atomic mass is 9.99. The SMILES string of the molecule is [2H]c1c([2H])c([2H])c2c([2H])c(-c3c([2H])c([2H])c4c([2H])c(Br)c([2H])c([2H])c4c3[2H])c([2H])c([2H])c2c1[2H]. The molecule has 0 aromatic heterocycles. The van der Waals surface area contributed by atoms with Crippen LogP contribution in [0.15, 0.2) is 83.0 Å². The first-order valence-electron chi connectivity index (χ1n) is 12.4. The second kappa shape index (κ2) is 5.01. The Morgan fingerprint density at radius 1 is 0.571 bits per heavy atom. The molecule has 0 aliphatic rings. The topological polar surface area (TPSA) is 0 Å². The van der Waals surface area contributed by atoms with Crippen LogP contribution in [0.1, 0.15) is 17.8 Å². The summed E-state index contributed by atoms with van der Waals surface area (Å²) in [7, 11) is 0. The fourth-order valence-electron chi connectivity index (χ4n) is 1.88. The van der Waals surface area contributed by atoms with Crippen LogP contribution in [0.2, 0.25) is 0 Å². The van der Waals surface area contributed by atoms with Crippen LogP contribution in [-0.4, -0.2) is 0 Å². The molecule has 4 rings (SSSR count). The normalized spacial score (nSPS) is 19.8. The van der Waals surface area contributed by atoms with Crippen molar-refractivity contribution in [3.8, 4) is 11.1 Å². The highest BCUT2D eigenvalue weighted by atomic mass is 79.9. The molecular formula is C20H13Br. The molecule has 21 heavy (non-hydrogen) atoms. The van der Waals surface area contributed by atoms with Crippen LogP contribution < -0.4 is 0 Å². The van der Waals surface area contributed by atoms with Gasteiger partial charge in [-0.1, -0.05) is 70.3 Å². The monoisotopic (exact) mass is 345 g/mol. The van der Waals surface area contributed by atoms with Crippen LogP contribution >= 0.6 is 15.9 Å². The Morgan fingerprint density at radius 3 is 1.86 bits per heavy atom. The summed E-state index contributed by atoms with van der Waals surface area (Å²) in [6, 6.07) is -7.50. The average Bonchev–Trinajstić information content (AvgIpc) is 2.80. The summed E-state index contributed by atoms with van der Waals surface area (Å²) in [6.45, 7) is 0. The summed E-state index contributed by atoms with van der Waals surface area (Å²) < 4.78 is 108. The molecule has 0 bridgehead atoms. The Bertz CT molecular complexity index is 1470. The fourth-order valence-corrected chi connectivity index (χ4v) is 2.18. The van der Waals surface area contributed by atoms with E-state index in [1.807, 2.05) is 0 Å². The number of halogens is 1. The minimum atomic E-state index is -0.677. The van der Waals surface area contributed by atoms with Crippen LogP contribution in [0.25, 0.3) is 32.7 Å². The summed E-state index contributed by atoms with van der Waals surface area (Å²) >= 11 is 3.03. The summed E-state index contributed by atoms with van der Waals surface area (Å²) in [4.78, 5) is 0. The van der Waals surface area contributed by atoms with Crippen molar-refractivity contribution in [1.82, 2.24) is 0 Å². The first kappa shape index (κ1) is 4.96. The number of fused-ring (bicyclic) bond motifs is 2. The molecule has 0 N–H and O–H groups in total. The van der Waals surface area contributed by atoms with Crippen molar-refractivity contribution in [2.75, 3.05) is 0 Å². The maximum Gasteiger partial charge on any atom is 0.0641 e. The van der Waals surface area contributed by atoms with Gasteiger partial charge >= 0.3 is 0 Å². The van der Waals surface area contributed by atoms with Gasteiger partial charge < -0.3 is 0 Å². The van der Waals surface area contributed by atoms with Crippen LogP contribution in [0.4, 0.5) is 0 Å². The molecule has 4 aromatic rings. The van der Waals surface area contributed by atoms with Gasteiger partial charge in [0, 0.05) is 4.47 Å². The van der Waals surface area contributed by atoms with E-state index in [1.54, 1.807) is 0 Å². The van der Waals surface area contributed by atoms with Gasteiger partial charge in [-0.3, -0.25) is 0 Å². The summed E-state index contributed by atoms with van der Waals surface area (Å²) in [5.41, 5.74) is -0.918. The van der Waals surface area contributed by atoms with Gasteiger partial charge in [0.25, 0.3) is 0 Å². The highest BCUT2D eigenvalue weighted by Crippen LogP contribution is 2.28. The largest absolute Gasteiger partial charge is 0.0641 e. The van der Waals surface area contributed by atoms with Crippen molar-refractivity contribution < 1.29 is 17.8 Å². The Labute approximate surface area is 150 Å². The van der Waals surface area contributed by atoms with Gasteiger partial charge in [-0.2, -0.15) is 0 Å². The Balaban J connectivity index is 2.32. The Morgan fingerprint density at radius 2 is 1.10 bits per heavy atom. The molecule has 100 valence electrons. The van der Waals surface area contributed by atoms with E-state index >= 15 is 0 Å². The molecule has 0 nitrogen and oxygen atoms in total. The van der Waals surface area contributed by atoms with Gasteiger partial charge in [0.2, 0.25) is 0 Å². The average molecular weight is 346 g/mol. The highest BCUT2D eigenvalue weighted by molar-refractivity contribution is 9.10. The summed E-state index contributed by atoms with van der Waals surface area (Å²) in [6.07, 6.45) is 0. The third-order valence-electron chi connectivity index (χ3n) is 2.84. The number of benzene rings is 4. The molecule has 0 aliphatic carbocycles. The van der Waals surface area contributed by atoms with Crippen molar-refractivity contribution in [1.29, 1.82) is 0 Å². The van der Waals surface area contributed by atoms with Crippen LogP contribution in [0.5, 0.6) is 0 Å². The van der Waals surface area contributed by atoms with Crippen molar-refractivity contribution in [3.05, 3.63) is 83.0 Å². The maximum absolute atomic E-state index is 8.68. The van der Waals surface area contributed by atoms with Crippen molar-refractivity contribution in [3.63, 3.8) is 0 Å². The van der Waals surface area contributed by atoms with Gasteiger partial charge in [-0.15, -0.1) is 0 Å². The molecule has 0 radical (unpaired) electrons. The zero-order valence-corrected chi connectivity index (χ0v) is 12.0. The van der Waals surface area contributed by atoms with E-state index in [0.717, 1.165) is 0 Å². The van der Waals surface area contributed by atoms with Crippen LogP contribution in [-0.2, 0) is 0 Å². The van der Waals surface area contributed by atoms with E-state index in [4.69, 9.17) is 17.8 Å². The molecule has 0 fully saturated rings. The third kappa shape index (κ3) is 2.34. The van der Waals surface area contributed by atoms with E-state index in [1.165, 1.54) is 0 Å². The van der Waals surface area contributed by atoms with E-state index in [9.17, 15) is 0 Å². The van der Waals surface area contributed by atoms with E-state index in [0.29, 0.717) is 0 Å². The van der Waals surface area contributed by atoms with Crippen LogP contribution in [0, 0.1) is 0 Å². The second-order valence-electron chi connectivity index (χ2n) is 4.19. The molecule has 0 spiro atoms. The first-order chi connectivity index (χ1) is 15.7. The molecule has 0 atom stereocenters. The predicted molar refractivity (Wildman–Crippen MR) is 94.6 cm³/mol. The van der Waals surface area contributed by atoms with E-state index < -0.39 is 83.6 Å². The lowest BCUT2D eigenvalue weighted by Gasteiger charge is -2.06. The van der Waals surface area contributed by atoms with Gasteiger partial charge in [0.05, 0.1) is 17.8 Å². The zero-order chi connectivity index (χ0) is 25.5. The fraction of sp³-hybridized carbons (Fsp3) is 0. The summed E-state index contributed by atoms with van der Waals surface area (Å²) in [5.74, 6) is 0. The van der Waals surface area contributed by atoms with Gasteiger partial charge in [-0.25, -0.2) is 0 Å². The van der Waals surface area contributed by atoms with E-state index in [-0.39, 0.29) is 32.1 Å². The predicted octanol–water partition coefficient (Wildman–Crippen LogP) is 6.42. The smallest absolute Gasteiger partial charge is 0.0616 e. The molecule has 0 heterocycles. The molecule has 0 amide bonds. The molecular weight excluding hydrogens is 320 g/mol. The Kier molecular flexibility index (Phi) is 1.18. The molecule has 1 heteroatoms. The van der Waals surface area contributed by atoms with Gasteiger partial charge in [0.15, 0.2) is 0 Å². The molecule has 0 saturated heterocycles. The lowest BCUT2D eigenvalue weighted by Crippen LogP contribution is -1.80. The van der Waals surface area contributed by atoms with Crippen molar-refractivity contribution >= 4 is 37.5 Å². The minimum absolute atomic E-state index is 0.0810. The van der Waals surface area contributed by atoms with Crippen molar-refractivity contribution in [2.45, 2.75) is 0 Å². The number of rotatable bonds is 1. The zero-order valence-electron chi connectivity index (χ0n) is 23.4. The Hall–Kier alpha value is -2.12. The first-order valence-corrected chi connectivity index (χ1v) is 6.73. The second-order valence-corrected chi connectivity index (χ2v) is 4.98. The lowest BCUT2D eigenvalue weighted by molar-refractivity contribution is 1.66. The molecule has 0 unspecified atom stereocenters. The number of hydrogen-bond acceptors (Lipinski definition) is 0. The molecule has 0 aliphatic heterocycles. The standard InChI is InChI=1S/C20H13Br/c21-20-10-9-18-12-17(7-8-19(18)13-20)16-6-5-14-3-1-2-4-15(14)11-16/h1-13H/i1D,2D,3D,4D,5D,6D,7D,8D,9D,10D,11D,12D,13D. The van der Waals surface area contributed by atoms with Crippen LogP contribution in [0.3, 0.4) is 0 Å². The molecule has 4 aromatic carbocycles. The highest BCUT2D eigenvalue weighted by Gasteiger charge is 2.02. The number of hydrogen-bond donors (Lipinski definition) is 0.